The third-order valence-electron chi connectivity index (χ3n) is 3.18. The predicted molar refractivity (Wildman–Crippen MR) is 74.0 cm³/mol. The lowest BCUT2D eigenvalue weighted by atomic mass is 10.1. The van der Waals surface area contributed by atoms with Crippen LogP contribution in [0.3, 0.4) is 0 Å². The van der Waals surface area contributed by atoms with Gasteiger partial charge in [-0.25, -0.2) is 0 Å². The van der Waals surface area contributed by atoms with Crippen LogP contribution in [0.1, 0.15) is 32.3 Å². The summed E-state index contributed by atoms with van der Waals surface area (Å²) in [5.41, 5.74) is 1.34. The van der Waals surface area contributed by atoms with Crippen molar-refractivity contribution in [1.29, 1.82) is 0 Å². The second-order valence-electron chi connectivity index (χ2n) is 5.13. The standard InChI is InChI=1S/C16H22O2/c1-3-4-5-6-7-14-8-10-15(11-9-14)17-12-16(2)13-18-16/h3-4,8-11H,5-7,12-13H2,1-2H3/b4-3+. The zero-order valence-electron chi connectivity index (χ0n) is 11.3. The van der Waals surface area contributed by atoms with Gasteiger partial charge in [-0.15, -0.1) is 0 Å². The summed E-state index contributed by atoms with van der Waals surface area (Å²) in [4.78, 5) is 0. The van der Waals surface area contributed by atoms with Crippen LogP contribution in [0.25, 0.3) is 0 Å². The number of unbranched alkanes of at least 4 members (excludes halogenated alkanes) is 1. The molecule has 0 radical (unpaired) electrons. The number of allylic oxidation sites excluding steroid dienone is 2. The van der Waals surface area contributed by atoms with Crippen LogP contribution >= 0.6 is 0 Å². The Morgan fingerprint density at radius 3 is 2.67 bits per heavy atom. The molecule has 2 nitrogen and oxygen atoms in total. The Balaban J connectivity index is 1.74. The van der Waals surface area contributed by atoms with E-state index in [1.54, 1.807) is 0 Å². The lowest BCUT2D eigenvalue weighted by Gasteiger charge is -2.09. The van der Waals surface area contributed by atoms with Crippen molar-refractivity contribution >= 4 is 0 Å². The summed E-state index contributed by atoms with van der Waals surface area (Å²) in [5, 5.41) is 0. The first-order chi connectivity index (χ1) is 8.72. The van der Waals surface area contributed by atoms with E-state index in [0.717, 1.165) is 25.2 Å². The van der Waals surface area contributed by atoms with E-state index in [0.29, 0.717) is 6.61 Å². The van der Waals surface area contributed by atoms with Gasteiger partial charge in [-0.3, -0.25) is 0 Å². The van der Waals surface area contributed by atoms with Crippen LogP contribution in [0.5, 0.6) is 5.75 Å². The monoisotopic (exact) mass is 246 g/mol. The lowest BCUT2D eigenvalue weighted by Crippen LogP contribution is -2.16. The van der Waals surface area contributed by atoms with Crippen LogP contribution in [0, 0.1) is 0 Å². The average molecular weight is 246 g/mol. The summed E-state index contributed by atoms with van der Waals surface area (Å²) in [5.74, 6) is 0.934. The highest BCUT2D eigenvalue weighted by Crippen LogP contribution is 2.27. The first-order valence-electron chi connectivity index (χ1n) is 6.69. The Kier molecular flexibility index (Phi) is 4.43. The summed E-state index contributed by atoms with van der Waals surface area (Å²) in [7, 11) is 0. The molecule has 1 saturated heterocycles. The van der Waals surface area contributed by atoms with E-state index in [4.69, 9.17) is 9.47 Å². The highest BCUT2D eigenvalue weighted by Gasteiger charge is 2.40. The van der Waals surface area contributed by atoms with Gasteiger partial charge in [0.2, 0.25) is 0 Å². The van der Waals surface area contributed by atoms with Crippen molar-refractivity contribution in [3.63, 3.8) is 0 Å². The number of rotatable bonds is 7. The molecule has 2 heteroatoms. The minimum Gasteiger partial charge on any atom is -0.491 e. The van der Waals surface area contributed by atoms with Gasteiger partial charge < -0.3 is 9.47 Å². The maximum Gasteiger partial charge on any atom is 0.123 e. The fourth-order valence-corrected chi connectivity index (χ4v) is 1.79. The van der Waals surface area contributed by atoms with Gasteiger partial charge in [0.25, 0.3) is 0 Å². The van der Waals surface area contributed by atoms with Gasteiger partial charge in [-0.2, -0.15) is 0 Å². The number of ether oxygens (including phenoxy) is 2. The Morgan fingerprint density at radius 1 is 1.33 bits per heavy atom. The molecule has 1 aromatic rings. The number of benzene rings is 1. The first kappa shape index (κ1) is 13.2. The van der Waals surface area contributed by atoms with Crippen molar-refractivity contribution in [2.24, 2.45) is 0 Å². The second-order valence-corrected chi connectivity index (χ2v) is 5.13. The van der Waals surface area contributed by atoms with Gasteiger partial charge in [0.15, 0.2) is 0 Å². The van der Waals surface area contributed by atoms with E-state index >= 15 is 0 Å². The van der Waals surface area contributed by atoms with Gasteiger partial charge in [0.1, 0.15) is 18.0 Å². The number of aryl methyl sites for hydroxylation is 1. The van der Waals surface area contributed by atoms with Crippen LogP contribution in [0.2, 0.25) is 0 Å². The Labute approximate surface area is 110 Å². The van der Waals surface area contributed by atoms with Crippen molar-refractivity contribution in [3.8, 4) is 5.75 Å². The molecule has 98 valence electrons. The largest absolute Gasteiger partial charge is 0.491 e. The zero-order chi connectivity index (χ0) is 12.8. The Bertz CT molecular complexity index is 388. The summed E-state index contributed by atoms with van der Waals surface area (Å²) in [6.07, 6.45) is 7.82. The molecule has 0 amide bonds. The third kappa shape index (κ3) is 4.19. The summed E-state index contributed by atoms with van der Waals surface area (Å²) in [6.45, 7) is 5.60. The summed E-state index contributed by atoms with van der Waals surface area (Å²) in [6, 6.07) is 8.41. The van der Waals surface area contributed by atoms with Crippen molar-refractivity contribution < 1.29 is 9.47 Å². The quantitative estimate of drug-likeness (QED) is 0.415. The minimum atomic E-state index is -0.0365. The Morgan fingerprint density at radius 2 is 2.06 bits per heavy atom. The van der Waals surface area contributed by atoms with Gasteiger partial charge in [-0.1, -0.05) is 24.3 Å². The molecule has 1 unspecified atom stereocenters. The van der Waals surface area contributed by atoms with Gasteiger partial charge in [0, 0.05) is 0 Å². The number of hydrogen-bond acceptors (Lipinski definition) is 2. The van der Waals surface area contributed by atoms with Crippen LogP contribution in [0.4, 0.5) is 0 Å². The van der Waals surface area contributed by atoms with Crippen molar-refractivity contribution in [2.45, 2.75) is 38.7 Å². The predicted octanol–water partition coefficient (Wildman–Crippen LogP) is 3.75. The topological polar surface area (TPSA) is 21.8 Å². The Hall–Kier alpha value is -1.28. The van der Waals surface area contributed by atoms with Crippen molar-refractivity contribution in [3.05, 3.63) is 42.0 Å². The molecule has 1 aromatic carbocycles. The molecule has 1 aliphatic rings. The maximum atomic E-state index is 5.69. The molecule has 0 spiro atoms. The first-order valence-corrected chi connectivity index (χ1v) is 6.69. The molecule has 0 aliphatic carbocycles. The van der Waals surface area contributed by atoms with Gasteiger partial charge in [-0.05, 0) is 50.8 Å². The van der Waals surface area contributed by atoms with Crippen molar-refractivity contribution in [1.82, 2.24) is 0 Å². The molecule has 0 saturated carbocycles. The fraction of sp³-hybridized carbons (Fsp3) is 0.500. The highest BCUT2D eigenvalue weighted by molar-refractivity contribution is 5.27. The SMILES string of the molecule is C/C=C/CCCc1ccc(OCC2(C)CO2)cc1. The van der Waals surface area contributed by atoms with E-state index in [1.807, 2.05) is 0 Å². The third-order valence-corrected chi connectivity index (χ3v) is 3.18. The zero-order valence-corrected chi connectivity index (χ0v) is 11.3. The van der Waals surface area contributed by atoms with Crippen LogP contribution in [0.15, 0.2) is 36.4 Å². The molecule has 1 fully saturated rings. The maximum absolute atomic E-state index is 5.69. The van der Waals surface area contributed by atoms with E-state index in [2.05, 4.69) is 50.3 Å². The second kappa shape index (κ2) is 6.05. The summed E-state index contributed by atoms with van der Waals surface area (Å²) < 4.78 is 11.0. The molecule has 18 heavy (non-hydrogen) atoms. The molecule has 0 N–H and O–H groups in total. The molecular formula is C16H22O2. The van der Waals surface area contributed by atoms with E-state index in [9.17, 15) is 0 Å². The van der Waals surface area contributed by atoms with Crippen LogP contribution in [-0.2, 0) is 11.2 Å². The number of epoxide rings is 1. The molecule has 1 heterocycles. The van der Waals surface area contributed by atoms with E-state index < -0.39 is 0 Å². The number of hydrogen-bond donors (Lipinski definition) is 0. The van der Waals surface area contributed by atoms with E-state index in [1.165, 1.54) is 12.0 Å². The minimum absolute atomic E-state index is 0.0365. The smallest absolute Gasteiger partial charge is 0.123 e. The molecule has 2 rings (SSSR count). The molecule has 0 bridgehead atoms. The van der Waals surface area contributed by atoms with Crippen LogP contribution < -0.4 is 4.74 Å². The fourth-order valence-electron chi connectivity index (χ4n) is 1.79. The van der Waals surface area contributed by atoms with Gasteiger partial charge >= 0.3 is 0 Å². The normalized spacial score (nSPS) is 22.3. The van der Waals surface area contributed by atoms with Gasteiger partial charge in [0.05, 0.1) is 6.61 Å². The molecule has 1 atom stereocenters. The van der Waals surface area contributed by atoms with E-state index in [-0.39, 0.29) is 5.60 Å². The summed E-state index contributed by atoms with van der Waals surface area (Å²) >= 11 is 0. The lowest BCUT2D eigenvalue weighted by molar-refractivity contribution is 0.202. The van der Waals surface area contributed by atoms with Crippen molar-refractivity contribution in [2.75, 3.05) is 13.2 Å². The van der Waals surface area contributed by atoms with Crippen LogP contribution in [-0.4, -0.2) is 18.8 Å². The molecule has 1 aliphatic heterocycles. The molecular weight excluding hydrogens is 224 g/mol. The highest BCUT2D eigenvalue weighted by atomic mass is 16.6. The average Bonchev–Trinajstić information content (AvgIpc) is 3.12. The molecule has 0 aromatic heterocycles.